The average Bonchev–Trinajstić information content (AvgIpc) is 2.88. The van der Waals surface area contributed by atoms with Crippen molar-refractivity contribution in [1.29, 1.82) is 0 Å². The third-order valence-corrected chi connectivity index (χ3v) is 4.56. The third kappa shape index (κ3) is 3.32. The zero-order valence-electron chi connectivity index (χ0n) is 13.8. The van der Waals surface area contributed by atoms with E-state index >= 15 is 0 Å². The van der Waals surface area contributed by atoms with E-state index < -0.39 is 0 Å². The Bertz CT molecular complexity index is 630. The molecule has 6 nitrogen and oxygen atoms in total. The van der Waals surface area contributed by atoms with Gasteiger partial charge in [0, 0.05) is 30.7 Å². The van der Waals surface area contributed by atoms with Crippen molar-refractivity contribution in [2.75, 3.05) is 25.0 Å². The van der Waals surface area contributed by atoms with E-state index in [0.29, 0.717) is 29.0 Å². The highest BCUT2D eigenvalue weighted by atomic mass is 16.5. The maximum Gasteiger partial charge on any atom is 0.262 e. The van der Waals surface area contributed by atoms with E-state index in [9.17, 15) is 9.59 Å². The first-order valence-electron chi connectivity index (χ1n) is 8.05. The Hall–Kier alpha value is -2.08. The van der Waals surface area contributed by atoms with Crippen molar-refractivity contribution >= 4 is 17.5 Å². The van der Waals surface area contributed by atoms with E-state index in [-0.39, 0.29) is 24.5 Å². The van der Waals surface area contributed by atoms with Gasteiger partial charge in [-0.2, -0.15) is 0 Å². The lowest BCUT2D eigenvalue weighted by atomic mass is 10.1. The molecule has 0 bridgehead atoms. The number of nitrogens with one attached hydrogen (secondary N) is 2. The lowest BCUT2D eigenvalue weighted by Crippen LogP contribution is -2.40. The molecule has 1 aromatic carbocycles. The van der Waals surface area contributed by atoms with Crippen molar-refractivity contribution in [2.24, 2.45) is 5.92 Å². The van der Waals surface area contributed by atoms with Gasteiger partial charge in [-0.15, -0.1) is 0 Å². The van der Waals surface area contributed by atoms with Gasteiger partial charge in [-0.3, -0.25) is 14.5 Å². The summed E-state index contributed by atoms with van der Waals surface area (Å²) in [7, 11) is 0. The number of anilines is 1. The molecular formula is C17H23N3O3. The van der Waals surface area contributed by atoms with Gasteiger partial charge in [0.1, 0.15) is 5.75 Å². The van der Waals surface area contributed by atoms with Gasteiger partial charge in [0.15, 0.2) is 6.61 Å². The molecule has 2 aliphatic rings. The fraction of sp³-hybridized carbons (Fsp3) is 0.529. The normalized spacial score (nSPS) is 24.1. The number of carbonyl (C=O) groups excluding carboxylic acids is 2. The summed E-state index contributed by atoms with van der Waals surface area (Å²) in [5.41, 5.74) is 1.16. The number of hydrogen-bond donors (Lipinski definition) is 2. The van der Waals surface area contributed by atoms with Crippen LogP contribution in [0.4, 0.5) is 5.69 Å². The first-order chi connectivity index (χ1) is 10.9. The summed E-state index contributed by atoms with van der Waals surface area (Å²) < 4.78 is 5.37. The fourth-order valence-corrected chi connectivity index (χ4v) is 3.08. The first kappa shape index (κ1) is 15.8. The molecule has 2 amide bonds. The summed E-state index contributed by atoms with van der Waals surface area (Å²) in [6.45, 7) is 8.38. The van der Waals surface area contributed by atoms with Crippen LogP contribution in [0.3, 0.4) is 0 Å². The molecule has 0 aromatic heterocycles. The lowest BCUT2D eigenvalue weighted by molar-refractivity contribution is -0.118. The Balaban J connectivity index is 1.68. The minimum absolute atomic E-state index is 0.0128. The summed E-state index contributed by atoms with van der Waals surface area (Å²) in [6, 6.07) is 5.74. The molecule has 1 fully saturated rings. The minimum atomic E-state index is -0.178. The number of nitrogens with zero attached hydrogens (tertiary/aromatic N) is 1. The summed E-state index contributed by atoms with van der Waals surface area (Å²) in [4.78, 5) is 26.2. The van der Waals surface area contributed by atoms with Crippen molar-refractivity contribution < 1.29 is 14.3 Å². The summed E-state index contributed by atoms with van der Waals surface area (Å²) >= 11 is 0. The Morgan fingerprint density at radius 3 is 2.87 bits per heavy atom. The van der Waals surface area contributed by atoms with Crippen molar-refractivity contribution in [3.8, 4) is 5.75 Å². The van der Waals surface area contributed by atoms with Gasteiger partial charge in [0.05, 0.1) is 5.69 Å². The second-order valence-electron chi connectivity index (χ2n) is 6.65. The van der Waals surface area contributed by atoms with E-state index in [0.717, 1.165) is 13.1 Å². The van der Waals surface area contributed by atoms with Crippen LogP contribution in [0.15, 0.2) is 18.2 Å². The van der Waals surface area contributed by atoms with Crippen LogP contribution in [0.25, 0.3) is 0 Å². The van der Waals surface area contributed by atoms with Gasteiger partial charge in [-0.1, -0.05) is 6.92 Å². The molecule has 23 heavy (non-hydrogen) atoms. The summed E-state index contributed by atoms with van der Waals surface area (Å²) in [5.74, 6) is 0.689. The minimum Gasteiger partial charge on any atom is -0.482 e. The molecule has 2 N–H and O–H groups in total. The number of rotatable bonds is 3. The van der Waals surface area contributed by atoms with Crippen LogP contribution >= 0.6 is 0 Å². The van der Waals surface area contributed by atoms with Crippen molar-refractivity contribution in [3.05, 3.63) is 23.8 Å². The van der Waals surface area contributed by atoms with Crippen LogP contribution in [-0.2, 0) is 4.79 Å². The molecule has 2 atom stereocenters. The topological polar surface area (TPSA) is 70.7 Å². The standard InChI is InChI=1S/C17H23N3O3/c1-10(2)20-7-11(3)14(8-20)19-17(22)12-4-5-13-15(6-12)23-9-16(21)18-13/h4-6,10-11,14H,7-9H2,1-3H3,(H,18,21)(H,19,22)/t11-,14-/m1/s1. The van der Waals surface area contributed by atoms with Gasteiger partial charge >= 0.3 is 0 Å². The SMILES string of the molecule is CC(C)N1C[C@@H](C)[C@H](NC(=O)c2ccc3c(c2)OCC(=O)N3)C1. The monoisotopic (exact) mass is 317 g/mol. The number of benzene rings is 1. The molecule has 1 aromatic rings. The van der Waals surface area contributed by atoms with Gasteiger partial charge in [-0.25, -0.2) is 0 Å². The van der Waals surface area contributed by atoms with Crippen LogP contribution in [0.5, 0.6) is 5.75 Å². The number of amides is 2. The predicted octanol–water partition coefficient (Wildman–Crippen LogP) is 1.48. The molecule has 2 heterocycles. The molecule has 0 unspecified atom stereocenters. The lowest BCUT2D eigenvalue weighted by Gasteiger charge is -2.21. The van der Waals surface area contributed by atoms with Crippen LogP contribution in [0.2, 0.25) is 0 Å². The zero-order chi connectivity index (χ0) is 16.6. The van der Waals surface area contributed by atoms with E-state index in [1.807, 2.05) is 0 Å². The number of carbonyl (C=O) groups is 2. The van der Waals surface area contributed by atoms with Crippen molar-refractivity contribution in [1.82, 2.24) is 10.2 Å². The molecule has 6 heteroatoms. The second-order valence-corrected chi connectivity index (χ2v) is 6.65. The number of ether oxygens (including phenoxy) is 1. The average molecular weight is 317 g/mol. The highest BCUT2D eigenvalue weighted by Crippen LogP contribution is 2.28. The molecule has 2 aliphatic heterocycles. The van der Waals surface area contributed by atoms with Gasteiger partial charge in [0.2, 0.25) is 0 Å². The Morgan fingerprint density at radius 2 is 2.17 bits per heavy atom. The highest BCUT2D eigenvalue weighted by Gasteiger charge is 2.32. The number of fused-ring (bicyclic) bond motifs is 1. The molecule has 0 saturated carbocycles. The summed E-state index contributed by atoms with van der Waals surface area (Å²) in [5, 5.41) is 5.84. The molecular weight excluding hydrogens is 294 g/mol. The molecule has 3 rings (SSSR count). The van der Waals surface area contributed by atoms with E-state index in [1.54, 1.807) is 18.2 Å². The second kappa shape index (κ2) is 6.20. The van der Waals surface area contributed by atoms with Gasteiger partial charge < -0.3 is 15.4 Å². The van der Waals surface area contributed by atoms with Crippen molar-refractivity contribution in [3.63, 3.8) is 0 Å². The van der Waals surface area contributed by atoms with Gasteiger partial charge in [-0.05, 0) is 38.0 Å². The fourth-order valence-electron chi connectivity index (χ4n) is 3.08. The van der Waals surface area contributed by atoms with Crippen LogP contribution < -0.4 is 15.4 Å². The van der Waals surface area contributed by atoms with E-state index in [1.165, 1.54) is 0 Å². The number of hydrogen-bond acceptors (Lipinski definition) is 4. The van der Waals surface area contributed by atoms with Crippen LogP contribution in [-0.4, -0.2) is 48.5 Å². The maximum absolute atomic E-state index is 12.5. The summed E-state index contributed by atoms with van der Waals surface area (Å²) in [6.07, 6.45) is 0. The smallest absolute Gasteiger partial charge is 0.262 e. The quantitative estimate of drug-likeness (QED) is 0.886. The third-order valence-electron chi connectivity index (χ3n) is 4.56. The zero-order valence-corrected chi connectivity index (χ0v) is 13.8. The largest absolute Gasteiger partial charge is 0.482 e. The number of likely N-dealkylation sites (tertiary alicyclic amines) is 1. The molecule has 0 aliphatic carbocycles. The Morgan fingerprint density at radius 1 is 1.39 bits per heavy atom. The van der Waals surface area contributed by atoms with Crippen molar-refractivity contribution in [2.45, 2.75) is 32.9 Å². The van der Waals surface area contributed by atoms with Gasteiger partial charge in [0.25, 0.3) is 11.8 Å². The molecule has 1 saturated heterocycles. The van der Waals surface area contributed by atoms with E-state index in [2.05, 4.69) is 36.3 Å². The molecule has 0 spiro atoms. The highest BCUT2D eigenvalue weighted by molar-refractivity contribution is 5.99. The predicted molar refractivity (Wildman–Crippen MR) is 87.7 cm³/mol. The molecule has 124 valence electrons. The van der Waals surface area contributed by atoms with Crippen LogP contribution in [0, 0.1) is 5.92 Å². The van der Waals surface area contributed by atoms with E-state index in [4.69, 9.17) is 4.74 Å². The Kier molecular flexibility index (Phi) is 4.26. The maximum atomic E-state index is 12.5. The molecule has 0 radical (unpaired) electrons. The Labute approximate surface area is 136 Å². The first-order valence-corrected chi connectivity index (χ1v) is 8.05. The van der Waals surface area contributed by atoms with Crippen LogP contribution in [0.1, 0.15) is 31.1 Å².